The number of rotatable bonds is 7. The first-order valence-corrected chi connectivity index (χ1v) is 8.47. The molecule has 0 bridgehead atoms. The fourth-order valence-electron chi connectivity index (χ4n) is 2.72. The van der Waals surface area contributed by atoms with E-state index in [1.165, 1.54) is 25.0 Å². The summed E-state index contributed by atoms with van der Waals surface area (Å²) in [6.45, 7) is 8.47. The zero-order chi connectivity index (χ0) is 13.7. The molecule has 0 amide bonds. The lowest BCUT2D eigenvalue weighted by atomic mass is 10.2. The molecule has 0 spiro atoms. The van der Waals surface area contributed by atoms with Gasteiger partial charge in [0.2, 0.25) is 0 Å². The van der Waals surface area contributed by atoms with E-state index in [9.17, 15) is 0 Å². The first kappa shape index (κ1) is 14.9. The van der Waals surface area contributed by atoms with E-state index in [0.29, 0.717) is 12.0 Å². The third-order valence-corrected chi connectivity index (χ3v) is 4.92. The molecule has 0 saturated heterocycles. The van der Waals surface area contributed by atoms with Gasteiger partial charge < -0.3 is 5.32 Å². The van der Waals surface area contributed by atoms with Crippen molar-refractivity contribution in [2.75, 3.05) is 5.75 Å². The minimum absolute atomic E-state index is 0.607. The topological polar surface area (TPSA) is 42.7 Å². The van der Waals surface area contributed by atoms with E-state index in [2.05, 4.69) is 47.9 Å². The van der Waals surface area contributed by atoms with E-state index in [4.69, 9.17) is 0 Å². The third-order valence-electron chi connectivity index (χ3n) is 3.59. The Hall–Kier alpha value is -0.550. The fraction of sp³-hybridized carbons (Fsp3) is 0.857. The number of hydrogen-bond acceptors (Lipinski definition) is 4. The van der Waals surface area contributed by atoms with Gasteiger partial charge in [0, 0.05) is 17.8 Å². The second-order valence-electron chi connectivity index (χ2n) is 5.66. The Balaban J connectivity index is 1.86. The first-order valence-electron chi connectivity index (χ1n) is 7.42. The molecule has 0 unspecified atom stereocenters. The van der Waals surface area contributed by atoms with E-state index in [1.807, 2.05) is 4.68 Å². The molecular formula is C14H26N4S. The Kier molecular flexibility index (Phi) is 5.70. The monoisotopic (exact) mass is 282 g/mol. The van der Waals surface area contributed by atoms with E-state index >= 15 is 0 Å². The van der Waals surface area contributed by atoms with Crippen LogP contribution in [-0.4, -0.2) is 31.8 Å². The highest BCUT2D eigenvalue weighted by Gasteiger charge is 2.26. The van der Waals surface area contributed by atoms with E-state index < -0.39 is 0 Å². The molecule has 4 nitrogen and oxygen atoms in total. The second kappa shape index (κ2) is 7.29. The van der Waals surface area contributed by atoms with Crippen molar-refractivity contribution >= 4 is 11.8 Å². The van der Waals surface area contributed by atoms with Gasteiger partial charge in [-0.25, -0.2) is 9.67 Å². The van der Waals surface area contributed by atoms with Crippen LogP contribution in [0.4, 0.5) is 0 Å². The highest BCUT2D eigenvalue weighted by atomic mass is 32.2. The van der Waals surface area contributed by atoms with Crippen molar-refractivity contribution in [3.8, 4) is 0 Å². The summed E-state index contributed by atoms with van der Waals surface area (Å²) in [5.41, 5.74) is 0. The lowest BCUT2D eigenvalue weighted by molar-refractivity contribution is 0.444. The lowest BCUT2D eigenvalue weighted by Crippen LogP contribution is -2.34. The van der Waals surface area contributed by atoms with Gasteiger partial charge in [0.05, 0.1) is 6.54 Å². The van der Waals surface area contributed by atoms with Gasteiger partial charge in [0.15, 0.2) is 0 Å². The van der Waals surface area contributed by atoms with Crippen molar-refractivity contribution < 1.29 is 0 Å². The molecule has 108 valence electrons. The maximum absolute atomic E-state index is 4.38. The van der Waals surface area contributed by atoms with E-state index in [0.717, 1.165) is 24.2 Å². The van der Waals surface area contributed by atoms with Crippen LogP contribution in [0.15, 0.2) is 6.33 Å². The lowest BCUT2D eigenvalue weighted by Gasteiger charge is -2.20. The smallest absolute Gasteiger partial charge is 0.140 e. The van der Waals surface area contributed by atoms with Crippen LogP contribution in [0, 0.1) is 5.92 Å². The summed E-state index contributed by atoms with van der Waals surface area (Å²) in [7, 11) is 0. The standard InChI is InChI=1S/C14H26N4S/c1-4-19-13-7-5-6-12(13)15-8-14-16-10-17-18(14)9-11(2)3/h10-13,15H,4-9H2,1-3H3/t12-,13-/m1/s1. The van der Waals surface area contributed by atoms with Crippen LogP contribution in [0.2, 0.25) is 0 Å². The van der Waals surface area contributed by atoms with E-state index in [1.54, 1.807) is 6.33 Å². The van der Waals surface area contributed by atoms with Crippen molar-refractivity contribution in [2.24, 2.45) is 5.92 Å². The minimum Gasteiger partial charge on any atom is -0.306 e. The number of thioether (sulfide) groups is 1. The number of nitrogens with one attached hydrogen (secondary N) is 1. The fourth-order valence-corrected chi connectivity index (χ4v) is 3.94. The molecule has 0 radical (unpaired) electrons. The van der Waals surface area contributed by atoms with Gasteiger partial charge in [-0.3, -0.25) is 0 Å². The Labute approximate surface area is 120 Å². The van der Waals surface area contributed by atoms with Crippen LogP contribution in [0.25, 0.3) is 0 Å². The molecule has 2 rings (SSSR count). The highest BCUT2D eigenvalue weighted by Crippen LogP contribution is 2.29. The molecular weight excluding hydrogens is 256 g/mol. The molecule has 0 aromatic carbocycles. The highest BCUT2D eigenvalue weighted by molar-refractivity contribution is 7.99. The Bertz CT molecular complexity index is 377. The molecule has 1 fully saturated rings. The normalized spacial score (nSPS) is 23.4. The molecule has 19 heavy (non-hydrogen) atoms. The average Bonchev–Trinajstić information content (AvgIpc) is 2.96. The molecule has 1 aliphatic carbocycles. The van der Waals surface area contributed by atoms with Crippen LogP contribution >= 0.6 is 11.8 Å². The maximum Gasteiger partial charge on any atom is 0.140 e. The average molecular weight is 282 g/mol. The molecule has 1 aromatic rings. The van der Waals surface area contributed by atoms with Crippen molar-refractivity contribution in [2.45, 2.75) is 64.4 Å². The van der Waals surface area contributed by atoms with Crippen LogP contribution in [0.3, 0.4) is 0 Å². The summed E-state index contributed by atoms with van der Waals surface area (Å²) in [6.07, 6.45) is 5.69. The SMILES string of the molecule is CCS[C@@H]1CCC[C@H]1NCc1ncnn1CC(C)C. The molecule has 1 saturated carbocycles. The summed E-state index contributed by atoms with van der Waals surface area (Å²) < 4.78 is 2.04. The quantitative estimate of drug-likeness (QED) is 0.835. The van der Waals surface area contributed by atoms with Gasteiger partial charge in [0.25, 0.3) is 0 Å². The van der Waals surface area contributed by atoms with E-state index in [-0.39, 0.29) is 0 Å². The second-order valence-corrected chi connectivity index (χ2v) is 7.18. The Morgan fingerprint density at radius 1 is 1.47 bits per heavy atom. The van der Waals surface area contributed by atoms with Crippen LogP contribution < -0.4 is 5.32 Å². The Morgan fingerprint density at radius 2 is 2.32 bits per heavy atom. The first-order chi connectivity index (χ1) is 9.20. The molecule has 5 heteroatoms. The van der Waals surface area contributed by atoms with Gasteiger partial charge in [0.1, 0.15) is 12.2 Å². The predicted octanol–water partition coefficient (Wildman–Crippen LogP) is 2.70. The van der Waals surface area contributed by atoms with Gasteiger partial charge in [-0.15, -0.1) is 0 Å². The van der Waals surface area contributed by atoms with Crippen LogP contribution in [-0.2, 0) is 13.1 Å². The molecule has 1 heterocycles. The van der Waals surface area contributed by atoms with Crippen molar-refractivity contribution in [3.05, 3.63) is 12.2 Å². The summed E-state index contributed by atoms with van der Waals surface area (Å²) >= 11 is 2.09. The minimum atomic E-state index is 0.607. The number of hydrogen-bond donors (Lipinski definition) is 1. The molecule has 2 atom stereocenters. The molecule has 1 N–H and O–H groups in total. The zero-order valence-electron chi connectivity index (χ0n) is 12.3. The third kappa shape index (κ3) is 4.21. The maximum atomic E-state index is 4.38. The largest absolute Gasteiger partial charge is 0.306 e. The van der Waals surface area contributed by atoms with Gasteiger partial charge in [-0.2, -0.15) is 16.9 Å². The van der Waals surface area contributed by atoms with Crippen LogP contribution in [0.1, 0.15) is 45.9 Å². The molecule has 1 aliphatic rings. The summed E-state index contributed by atoms with van der Waals surface area (Å²) in [5.74, 6) is 2.89. The van der Waals surface area contributed by atoms with Crippen molar-refractivity contribution in [1.82, 2.24) is 20.1 Å². The summed E-state index contributed by atoms with van der Waals surface area (Å²) in [4.78, 5) is 4.38. The molecule has 1 aromatic heterocycles. The van der Waals surface area contributed by atoms with Crippen LogP contribution in [0.5, 0.6) is 0 Å². The predicted molar refractivity (Wildman–Crippen MR) is 81.3 cm³/mol. The number of nitrogens with zero attached hydrogens (tertiary/aromatic N) is 3. The van der Waals surface area contributed by atoms with Gasteiger partial charge in [-0.1, -0.05) is 27.2 Å². The Morgan fingerprint density at radius 3 is 3.05 bits per heavy atom. The van der Waals surface area contributed by atoms with Crippen molar-refractivity contribution in [3.63, 3.8) is 0 Å². The van der Waals surface area contributed by atoms with Crippen molar-refractivity contribution in [1.29, 1.82) is 0 Å². The number of aromatic nitrogens is 3. The summed E-state index contributed by atoms with van der Waals surface area (Å²) in [6, 6.07) is 0.647. The van der Waals surface area contributed by atoms with Gasteiger partial charge >= 0.3 is 0 Å². The molecule has 0 aliphatic heterocycles. The van der Waals surface area contributed by atoms with Gasteiger partial charge in [-0.05, 0) is 24.5 Å². The summed E-state index contributed by atoms with van der Waals surface area (Å²) in [5, 5.41) is 8.79. The zero-order valence-corrected chi connectivity index (χ0v) is 13.1.